The number of hydrogen-bond donors (Lipinski definition) is 1. The predicted molar refractivity (Wildman–Crippen MR) is 96.5 cm³/mol. The topological polar surface area (TPSA) is 64.3 Å². The zero-order valence-electron chi connectivity index (χ0n) is 13.3. The number of ether oxygens (including phenoxy) is 1. The number of benzene rings is 1. The van der Waals surface area contributed by atoms with Crippen molar-refractivity contribution in [2.45, 2.75) is 51.2 Å². The van der Waals surface area contributed by atoms with Crippen molar-refractivity contribution >= 4 is 44.4 Å². The third kappa shape index (κ3) is 3.76. The van der Waals surface area contributed by atoms with Gasteiger partial charge in [-0.25, -0.2) is 4.68 Å². The van der Waals surface area contributed by atoms with E-state index < -0.39 is 5.97 Å². The van der Waals surface area contributed by atoms with E-state index in [0.717, 1.165) is 59.7 Å². The van der Waals surface area contributed by atoms with Crippen molar-refractivity contribution in [3.8, 4) is 0 Å². The normalized spacial score (nSPS) is 18.2. The van der Waals surface area contributed by atoms with Crippen LogP contribution in [0.1, 0.15) is 50.3 Å². The Hall–Kier alpha value is -1.11. The van der Waals surface area contributed by atoms with E-state index in [-0.39, 0.29) is 12.6 Å². The number of carboxylic acids is 1. The Morgan fingerprint density at radius 1 is 1.46 bits per heavy atom. The van der Waals surface area contributed by atoms with Gasteiger partial charge < -0.3 is 9.84 Å². The third-order valence-corrected chi connectivity index (χ3v) is 5.63. The van der Waals surface area contributed by atoms with Gasteiger partial charge in [0.2, 0.25) is 0 Å². The molecule has 1 saturated heterocycles. The Bertz CT molecular complexity index is 741. The molecule has 1 aliphatic rings. The summed E-state index contributed by atoms with van der Waals surface area (Å²) in [7, 11) is 0. The number of hydrogen-bond acceptors (Lipinski definition) is 3. The maximum absolute atomic E-state index is 10.6. The van der Waals surface area contributed by atoms with Gasteiger partial charge in [-0.2, -0.15) is 5.10 Å². The molecule has 0 amide bonds. The minimum atomic E-state index is -0.760. The van der Waals surface area contributed by atoms with Crippen LogP contribution in [-0.2, 0) is 16.0 Å². The van der Waals surface area contributed by atoms with Gasteiger partial charge in [0.15, 0.2) is 6.23 Å². The highest BCUT2D eigenvalue weighted by Gasteiger charge is 2.21. The molecule has 1 unspecified atom stereocenters. The fourth-order valence-corrected chi connectivity index (χ4v) is 4.24. The van der Waals surface area contributed by atoms with Crippen LogP contribution < -0.4 is 0 Å². The van der Waals surface area contributed by atoms with Crippen LogP contribution in [0.3, 0.4) is 0 Å². The molecule has 1 aromatic carbocycles. The molecular weight excluding hydrogens is 396 g/mol. The molecule has 7 heteroatoms. The first-order valence-electron chi connectivity index (χ1n) is 8.25. The summed E-state index contributed by atoms with van der Waals surface area (Å²) in [6.45, 7) is 0.766. The summed E-state index contributed by atoms with van der Waals surface area (Å²) in [4.78, 5) is 10.6. The molecule has 2 heterocycles. The Kier molecular flexibility index (Phi) is 5.79. The summed E-state index contributed by atoms with van der Waals surface area (Å²) < 4.78 is 8.69. The SMILES string of the molecule is O=C(O)CCCCc1c(Cl)cc2c(cnn2C2CCCCO2)c1Br. The monoisotopic (exact) mass is 414 g/mol. The molecule has 5 nitrogen and oxygen atoms in total. The van der Waals surface area contributed by atoms with Crippen molar-refractivity contribution < 1.29 is 14.6 Å². The number of carboxylic acid groups (broad SMARTS) is 1. The van der Waals surface area contributed by atoms with Gasteiger partial charge in [0.05, 0.1) is 11.7 Å². The maximum atomic E-state index is 10.6. The predicted octanol–water partition coefficient (Wildman–Crippen LogP) is 4.95. The van der Waals surface area contributed by atoms with Gasteiger partial charge in [0, 0.05) is 27.9 Å². The Morgan fingerprint density at radius 2 is 2.29 bits per heavy atom. The van der Waals surface area contributed by atoms with Gasteiger partial charge >= 0.3 is 5.97 Å². The van der Waals surface area contributed by atoms with E-state index in [9.17, 15) is 4.79 Å². The summed E-state index contributed by atoms with van der Waals surface area (Å²) in [5, 5.41) is 14.9. The fourth-order valence-electron chi connectivity index (χ4n) is 3.11. The quantitative estimate of drug-likeness (QED) is 0.678. The molecule has 2 aromatic rings. The van der Waals surface area contributed by atoms with Crippen LogP contribution in [0.25, 0.3) is 10.9 Å². The number of halogens is 2. The lowest BCUT2D eigenvalue weighted by Gasteiger charge is -2.23. The molecule has 0 saturated carbocycles. The lowest BCUT2D eigenvalue weighted by atomic mass is 10.0. The lowest BCUT2D eigenvalue weighted by Crippen LogP contribution is -2.18. The first-order chi connectivity index (χ1) is 11.6. The fraction of sp³-hybridized carbons (Fsp3) is 0.529. The van der Waals surface area contributed by atoms with Crippen LogP contribution >= 0.6 is 27.5 Å². The van der Waals surface area contributed by atoms with Crippen LogP contribution in [-0.4, -0.2) is 27.5 Å². The molecule has 1 N–H and O–H groups in total. The summed E-state index contributed by atoms with van der Waals surface area (Å²) in [6.07, 6.45) is 7.38. The Morgan fingerprint density at radius 3 is 3.00 bits per heavy atom. The molecule has 24 heavy (non-hydrogen) atoms. The van der Waals surface area contributed by atoms with E-state index in [1.807, 2.05) is 16.9 Å². The minimum absolute atomic E-state index is 0.0272. The first-order valence-corrected chi connectivity index (χ1v) is 9.42. The van der Waals surface area contributed by atoms with Gasteiger partial charge in [-0.1, -0.05) is 11.6 Å². The number of fused-ring (bicyclic) bond motifs is 1. The van der Waals surface area contributed by atoms with E-state index in [1.165, 1.54) is 0 Å². The van der Waals surface area contributed by atoms with E-state index in [4.69, 9.17) is 21.4 Å². The Labute approximate surface area is 154 Å². The molecule has 1 aliphatic heterocycles. The van der Waals surface area contributed by atoms with E-state index in [2.05, 4.69) is 21.0 Å². The second kappa shape index (κ2) is 7.85. The van der Waals surface area contributed by atoms with E-state index in [1.54, 1.807) is 0 Å². The largest absolute Gasteiger partial charge is 0.481 e. The number of rotatable bonds is 6. The van der Waals surface area contributed by atoms with Crippen LogP contribution in [0.4, 0.5) is 0 Å². The van der Waals surface area contributed by atoms with Crippen molar-refractivity contribution in [1.29, 1.82) is 0 Å². The molecule has 0 bridgehead atoms. The van der Waals surface area contributed by atoms with Crippen molar-refractivity contribution in [3.05, 3.63) is 27.3 Å². The summed E-state index contributed by atoms with van der Waals surface area (Å²) >= 11 is 10.1. The van der Waals surface area contributed by atoms with Gasteiger partial charge in [-0.3, -0.25) is 4.79 Å². The van der Waals surface area contributed by atoms with Gasteiger partial charge in [0.1, 0.15) is 0 Å². The summed E-state index contributed by atoms with van der Waals surface area (Å²) in [6, 6.07) is 1.94. The summed E-state index contributed by atoms with van der Waals surface area (Å²) in [5.74, 6) is -0.760. The molecule has 1 atom stereocenters. The standard InChI is InChI=1S/C17H20BrClN2O3/c18-17-11(5-1-2-7-16(22)23)13(19)9-14-12(17)10-20-21(14)15-6-3-4-8-24-15/h9-10,15H,1-8H2,(H,22,23). The van der Waals surface area contributed by atoms with Crippen molar-refractivity contribution in [1.82, 2.24) is 9.78 Å². The number of unbranched alkanes of at least 4 members (excludes halogenated alkanes) is 1. The zero-order valence-corrected chi connectivity index (χ0v) is 15.6. The molecular formula is C17H20BrClN2O3. The molecule has 1 fully saturated rings. The van der Waals surface area contributed by atoms with Crippen molar-refractivity contribution in [2.75, 3.05) is 6.61 Å². The minimum Gasteiger partial charge on any atom is -0.481 e. The van der Waals surface area contributed by atoms with Crippen LogP contribution in [0, 0.1) is 0 Å². The molecule has 0 aliphatic carbocycles. The molecule has 1 aromatic heterocycles. The van der Waals surface area contributed by atoms with E-state index in [0.29, 0.717) is 11.4 Å². The van der Waals surface area contributed by atoms with Gasteiger partial charge in [0.25, 0.3) is 0 Å². The second-order valence-corrected chi connectivity index (χ2v) is 7.30. The van der Waals surface area contributed by atoms with E-state index >= 15 is 0 Å². The number of nitrogens with zero attached hydrogens (tertiary/aromatic N) is 2. The van der Waals surface area contributed by atoms with Crippen LogP contribution in [0.5, 0.6) is 0 Å². The average Bonchev–Trinajstić information content (AvgIpc) is 2.98. The molecule has 0 radical (unpaired) electrons. The number of aromatic nitrogens is 2. The van der Waals surface area contributed by atoms with Gasteiger partial charge in [-0.05, 0) is 66.1 Å². The summed E-state index contributed by atoms with van der Waals surface area (Å²) in [5.41, 5.74) is 1.98. The number of aliphatic carboxylic acids is 1. The molecule has 0 spiro atoms. The Balaban J connectivity index is 1.83. The highest BCUT2D eigenvalue weighted by atomic mass is 79.9. The highest BCUT2D eigenvalue weighted by Crippen LogP contribution is 2.36. The zero-order chi connectivity index (χ0) is 17.1. The van der Waals surface area contributed by atoms with Crippen molar-refractivity contribution in [2.24, 2.45) is 0 Å². The molecule has 3 rings (SSSR count). The maximum Gasteiger partial charge on any atom is 0.303 e. The van der Waals surface area contributed by atoms with Crippen LogP contribution in [0.2, 0.25) is 5.02 Å². The smallest absolute Gasteiger partial charge is 0.303 e. The van der Waals surface area contributed by atoms with Gasteiger partial charge in [-0.15, -0.1) is 0 Å². The number of carbonyl (C=O) groups is 1. The van der Waals surface area contributed by atoms with Crippen LogP contribution in [0.15, 0.2) is 16.7 Å². The highest BCUT2D eigenvalue weighted by molar-refractivity contribution is 9.10. The lowest BCUT2D eigenvalue weighted by molar-refractivity contribution is -0.137. The third-order valence-electron chi connectivity index (χ3n) is 4.38. The van der Waals surface area contributed by atoms with Crippen molar-refractivity contribution in [3.63, 3.8) is 0 Å². The first kappa shape index (κ1) is 17.7. The molecule has 130 valence electrons. The average molecular weight is 416 g/mol. The second-order valence-electron chi connectivity index (χ2n) is 6.09.